The first kappa shape index (κ1) is 12.8. The molecule has 18 heavy (non-hydrogen) atoms. The van der Waals surface area contributed by atoms with E-state index >= 15 is 0 Å². The van der Waals surface area contributed by atoms with Crippen molar-refractivity contribution in [2.45, 2.75) is 31.4 Å². The summed E-state index contributed by atoms with van der Waals surface area (Å²) in [5, 5.41) is 3.16. The molecule has 3 aliphatic rings. The van der Waals surface area contributed by atoms with Crippen LogP contribution in [0.5, 0.6) is 0 Å². The van der Waals surface area contributed by atoms with Crippen LogP contribution in [-0.2, 0) is 14.9 Å². The van der Waals surface area contributed by atoms with Gasteiger partial charge in [0, 0.05) is 32.8 Å². The molecule has 7 heteroatoms. The Morgan fingerprint density at radius 1 is 1.17 bits per heavy atom. The summed E-state index contributed by atoms with van der Waals surface area (Å²) in [5.41, 5.74) is 0. The molecule has 0 aromatic rings. The maximum absolute atomic E-state index is 12.3. The van der Waals surface area contributed by atoms with E-state index in [4.69, 9.17) is 4.74 Å². The van der Waals surface area contributed by atoms with Crippen molar-refractivity contribution >= 4 is 10.2 Å². The smallest absolute Gasteiger partial charge is 0.279 e. The van der Waals surface area contributed by atoms with Gasteiger partial charge in [0.05, 0.1) is 12.1 Å². The van der Waals surface area contributed by atoms with Gasteiger partial charge in [-0.3, -0.25) is 0 Å². The van der Waals surface area contributed by atoms with Gasteiger partial charge >= 0.3 is 0 Å². The Morgan fingerprint density at radius 3 is 2.56 bits per heavy atom. The Morgan fingerprint density at radius 2 is 1.89 bits per heavy atom. The van der Waals surface area contributed by atoms with Gasteiger partial charge in [-0.2, -0.15) is 17.4 Å². The molecule has 0 bridgehead atoms. The van der Waals surface area contributed by atoms with Gasteiger partial charge in [0.25, 0.3) is 10.2 Å². The quantitative estimate of drug-likeness (QED) is 0.711. The second kappa shape index (κ2) is 5.05. The van der Waals surface area contributed by atoms with Crippen LogP contribution in [0, 0.1) is 5.92 Å². The van der Waals surface area contributed by atoms with Crippen molar-refractivity contribution in [3.63, 3.8) is 0 Å². The lowest BCUT2D eigenvalue weighted by Crippen LogP contribution is -2.53. The van der Waals surface area contributed by atoms with Crippen molar-refractivity contribution in [2.24, 2.45) is 5.92 Å². The average Bonchev–Trinajstić information content (AvgIpc) is 3.12. The largest absolute Gasteiger partial charge is 0.376 e. The van der Waals surface area contributed by atoms with Crippen LogP contribution in [0.1, 0.15) is 19.3 Å². The fraction of sp³-hybridized carbons (Fsp3) is 1.00. The minimum atomic E-state index is -3.34. The van der Waals surface area contributed by atoms with Gasteiger partial charge in [-0.25, -0.2) is 0 Å². The van der Waals surface area contributed by atoms with Gasteiger partial charge in [-0.15, -0.1) is 0 Å². The Hall–Kier alpha value is -0.210. The first-order chi connectivity index (χ1) is 8.67. The highest BCUT2D eigenvalue weighted by Crippen LogP contribution is 2.38. The molecule has 0 aromatic carbocycles. The van der Waals surface area contributed by atoms with Gasteiger partial charge in [0.15, 0.2) is 0 Å². The van der Waals surface area contributed by atoms with Gasteiger partial charge in [0.1, 0.15) is 0 Å². The van der Waals surface area contributed by atoms with E-state index in [1.165, 1.54) is 17.1 Å². The molecule has 0 aromatic heterocycles. The fourth-order valence-corrected chi connectivity index (χ4v) is 4.22. The lowest BCUT2D eigenvalue weighted by Gasteiger charge is -2.29. The highest BCUT2D eigenvalue weighted by Gasteiger charge is 2.42. The summed E-state index contributed by atoms with van der Waals surface area (Å²) in [6.07, 6.45) is 3.25. The van der Waals surface area contributed by atoms with E-state index in [2.05, 4.69) is 10.0 Å². The van der Waals surface area contributed by atoms with Crippen LogP contribution in [0.15, 0.2) is 0 Å². The zero-order valence-electron chi connectivity index (χ0n) is 10.5. The number of rotatable bonds is 4. The Kier molecular flexibility index (Phi) is 3.59. The predicted octanol–water partition coefficient (Wildman–Crippen LogP) is -0.706. The van der Waals surface area contributed by atoms with Crippen molar-refractivity contribution in [3.05, 3.63) is 0 Å². The minimum absolute atomic E-state index is 0.0302. The predicted molar refractivity (Wildman–Crippen MR) is 67.4 cm³/mol. The van der Waals surface area contributed by atoms with Crippen LogP contribution in [0.25, 0.3) is 0 Å². The topological polar surface area (TPSA) is 70.7 Å². The summed E-state index contributed by atoms with van der Waals surface area (Å²) in [5.74, 6) is 0.572. The zero-order chi connectivity index (χ0) is 12.6. The van der Waals surface area contributed by atoms with E-state index in [1.54, 1.807) is 0 Å². The molecule has 2 aliphatic heterocycles. The lowest BCUT2D eigenvalue weighted by molar-refractivity contribution is 0.0844. The van der Waals surface area contributed by atoms with E-state index in [-0.39, 0.29) is 12.1 Å². The van der Waals surface area contributed by atoms with Crippen molar-refractivity contribution in [1.82, 2.24) is 14.3 Å². The van der Waals surface area contributed by atoms with E-state index in [0.29, 0.717) is 25.6 Å². The summed E-state index contributed by atoms with van der Waals surface area (Å²) >= 11 is 0. The van der Waals surface area contributed by atoms with E-state index in [9.17, 15) is 8.42 Å². The molecule has 2 atom stereocenters. The minimum Gasteiger partial charge on any atom is -0.376 e. The summed E-state index contributed by atoms with van der Waals surface area (Å²) in [6, 6.07) is -0.0302. The second-order valence-corrected chi connectivity index (χ2v) is 7.04. The van der Waals surface area contributed by atoms with E-state index in [1.807, 2.05) is 0 Å². The molecular formula is C11H21N3O3S. The van der Waals surface area contributed by atoms with Crippen LogP contribution in [0.2, 0.25) is 0 Å². The number of ether oxygens (including phenoxy) is 1. The molecule has 3 rings (SSSR count). The molecule has 2 N–H and O–H groups in total. The number of hydrogen-bond acceptors (Lipinski definition) is 4. The SMILES string of the molecule is O=S(=O)(NC1CCOC1C1CC1)N1CCNCC1. The lowest BCUT2D eigenvalue weighted by atomic mass is 10.1. The Labute approximate surface area is 108 Å². The number of nitrogens with zero attached hydrogens (tertiary/aromatic N) is 1. The first-order valence-corrected chi connectivity index (χ1v) is 8.20. The molecule has 2 unspecified atom stereocenters. The maximum Gasteiger partial charge on any atom is 0.279 e. The molecule has 1 saturated carbocycles. The standard InChI is InChI=1S/C11H21N3O3S/c15-18(16,14-6-4-12-5-7-14)13-10-3-8-17-11(10)9-1-2-9/h9-13H,1-8H2. The molecule has 0 radical (unpaired) electrons. The maximum atomic E-state index is 12.3. The van der Waals surface area contributed by atoms with Crippen LogP contribution in [-0.4, -0.2) is 57.7 Å². The van der Waals surface area contributed by atoms with Crippen molar-refractivity contribution in [2.75, 3.05) is 32.8 Å². The van der Waals surface area contributed by atoms with Crippen molar-refractivity contribution in [3.8, 4) is 0 Å². The van der Waals surface area contributed by atoms with Crippen LogP contribution < -0.4 is 10.0 Å². The molecule has 6 nitrogen and oxygen atoms in total. The van der Waals surface area contributed by atoms with Crippen LogP contribution in [0.3, 0.4) is 0 Å². The summed E-state index contributed by atoms with van der Waals surface area (Å²) < 4.78 is 34.6. The summed E-state index contributed by atoms with van der Waals surface area (Å²) in [7, 11) is -3.34. The van der Waals surface area contributed by atoms with Gasteiger partial charge in [-0.05, 0) is 25.2 Å². The molecule has 0 amide bonds. The normalized spacial score (nSPS) is 34.9. The monoisotopic (exact) mass is 275 g/mol. The summed E-state index contributed by atoms with van der Waals surface area (Å²) in [4.78, 5) is 0. The molecule has 0 spiro atoms. The van der Waals surface area contributed by atoms with Crippen molar-refractivity contribution < 1.29 is 13.2 Å². The number of nitrogens with one attached hydrogen (secondary N) is 2. The Bertz CT molecular complexity index is 390. The third-order valence-electron chi connectivity index (χ3n) is 3.94. The van der Waals surface area contributed by atoms with E-state index in [0.717, 1.165) is 19.5 Å². The molecular weight excluding hydrogens is 254 g/mol. The number of piperazine rings is 1. The van der Waals surface area contributed by atoms with Crippen LogP contribution >= 0.6 is 0 Å². The van der Waals surface area contributed by atoms with Crippen LogP contribution in [0.4, 0.5) is 0 Å². The third-order valence-corrected chi connectivity index (χ3v) is 5.58. The summed E-state index contributed by atoms with van der Waals surface area (Å²) in [6.45, 7) is 3.24. The van der Waals surface area contributed by atoms with Crippen molar-refractivity contribution in [1.29, 1.82) is 0 Å². The van der Waals surface area contributed by atoms with E-state index < -0.39 is 10.2 Å². The Balaban J connectivity index is 1.63. The highest BCUT2D eigenvalue weighted by atomic mass is 32.2. The fourth-order valence-electron chi connectivity index (χ4n) is 2.78. The molecule has 2 heterocycles. The zero-order valence-corrected chi connectivity index (χ0v) is 11.3. The molecule has 3 fully saturated rings. The van der Waals surface area contributed by atoms with Gasteiger partial charge in [0.2, 0.25) is 0 Å². The molecule has 2 saturated heterocycles. The van der Waals surface area contributed by atoms with Gasteiger partial charge < -0.3 is 10.1 Å². The third kappa shape index (κ3) is 2.70. The first-order valence-electron chi connectivity index (χ1n) is 6.76. The number of hydrogen-bond donors (Lipinski definition) is 2. The molecule has 104 valence electrons. The molecule has 1 aliphatic carbocycles. The van der Waals surface area contributed by atoms with Gasteiger partial charge in [-0.1, -0.05) is 0 Å². The second-order valence-electron chi connectivity index (χ2n) is 5.34. The highest BCUT2D eigenvalue weighted by molar-refractivity contribution is 7.87. The average molecular weight is 275 g/mol.